The molecule has 0 radical (unpaired) electrons. The molecule has 0 aliphatic carbocycles. The Morgan fingerprint density at radius 3 is 2.38 bits per heavy atom. The van der Waals surface area contributed by atoms with E-state index in [4.69, 9.17) is 11.6 Å². The van der Waals surface area contributed by atoms with Crippen LogP contribution in [0.5, 0.6) is 11.5 Å². The average molecular weight is 341 g/mol. The Bertz CT molecular complexity index is 825. The SMILES string of the molecule is Oc1ccccc1N(CCc1ccccn1)c1cc(Cl)ccc1O. The number of phenolic OH excluding ortho intramolecular Hbond substituents is 2. The molecule has 2 aromatic carbocycles. The van der Waals surface area contributed by atoms with Gasteiger partial charge in [-0.2, -0.15) is 0 Å². The minimum Gasteiger partial charge on any atom is -0.506 e. The van der Waals surface area contributed by atoms with Gasteiger partial charge in [0.25, 0.3) is 0 Å². The van der Waals surface area contributed by atoms with Crippen molar-refractivity contribution in [2.75, 3.05) is 11.4 Å². The first-order chi connectivity index (χ1) is 11.6. The van der Waals surface area contributed by atoms with Crippen LogP contribution in [0, 0.1) is 0 Å². The second-order valence-corrected chi connectivity index (χ2v) is 5.78. The van der Waals surface area contributed by atoms with Crippen molar-refractivity contribution < 1.29 is 10.2 Å². The van der Waals surface area contributed by atoms with E-state index in [0.717, 1.165) is 5.69 Å². The van der Waals surface area contributed by atoms with Gasteiger partial charge in [-0.1, -0.05) is 29.8 Å². The molecule has 0 aliphatic heterocycles. The van der Waals surface area contributed by atoms with Crippen LogP contribution in [0.3, 0.4) is 0 Å². The average Bonchev–Trinajstić information content (AvgIpc) is 2.60. The van der Waals surface area contributed by atoms with E-state index < -0.39 is 0 Å². The van der Waals surface area contributed by atoms with Crippen molar-refractivity contribution in [1.82, 2.24) is 4.98 Å². The number of benzene rings is 2. The fourth-order valence-electron chi connectivity index (χ4n) is 2.55. The first kappa shape index (κ1) is 16.1. The molecule has 0 atom stereocenters. The van der Waals surface area contributed by atoms with Crippen LogP contribution in [-0.2, 0) is 6.42 Å². The highest BCUT2D eigenvalue weighted by molar-refractivity contribution is 6.31. The van der Waals surface area contributed by atoms with Gasteiger partial charge in [0.05, 0.1) is 11.4 Å². The van der Waals surface area contributed by atoms with Crippen molar-refractivity contribution in [1.29, 1.82) is 0 Å². The molecule has 0 aliphatic rings. The Balaban J connectivity index is 1.98. The molecule has 4 nitrogen and oxygen atoms in total. The summed E-state index contributed by atoms with van der Waals surface area (Å²) >= 11 is 6.09. The van der Waals surface area contributed by atoms with Crippen LogP contribution >= 0.6 is 11.6 Å². The monoisotopic (exact) mass is 340 g/mol. The summed E-state index contributed by atoms with van der Waals surface area (Å²) in [6.45, 7) is 0.530. The minimum absolute atomic E-state index is 0.101. The number of halogens is 1. The van der Waals surface area contributed by atoms with Crippen LogP contribution in [-0.4, -0.2) is 21.7 Å². The first-order valence-corrected chi connectivity index (χ1v) is 7.97. The van der Waals surface area contributed by atoms with Crippen LogP contribution in [0.1, 0.15) is 5.69 Å². The third kappa shape index (κ3) is 3.60. The third-order valence-electron chi connectivity index (χ3n) is 3.72. The topological polar surface area (TPSA) is 56.6 Å². The zero-order valence-corrected chi connectivity index (χ0v) is 13.7. The lowest BCUT2D eigenvalue weighted by molar-refractivity contribution is 0.470. The molecule has 122 valence electrons. The smallest absolute Gasteiger partial charge is 0.139 e. The molecule has 1 aromatic heterocycles. The van der Waals surface area contributed by atoms with Gasteiger partial charge in [-0.15, -0.1) is 0 Å². The first-order valence-electron chi connectivity index (χ1n) is 7.59. The quantitative estimate of drug-likeness (QED) is 0.716. The standard InChI is InChI=1S/C19H17ClN2O2/c20-14-8-9-19(24)17(13-14)22(16-6-1-2-7-18(16)23)12-10-15-5-3-4-11-21-15/h1-9,11,13,23-24H,10,12H2. The molecule has 0 spiro atoms. The fourth-order valence-corrected chi connectivity index (χ4v) is 2.71. The maximum Gasteiger partial charge on any atom is 0.139 e. The van der Waals surface area contributed by atoms with Crippen molar-refractivity contribution >= 4 is 23.0 Å². The Morgan fingerprint density at radius 2 is 1.62 bits per heavy atom. The van der Waals surface area contributed by atoms with Gasteiger partial charge in [-0.05, 0) is 42.5 Å². The number of nitrogens with zero attached hydrogens (tertiary/aromatic N) is 2. The number of pyridine rings is 1. The fraction of sp³-hybridized carbons (Fsp3) is 0.105. The molecule has 3 aromatic rings. The summed E-state index contributed by atoms with van der Waals surface area (Å²) in [6.07, 6.45) is 2.40. The van der Waals surface area contributed by atoms with E-state index >= 15 is 0 Å². The molecule has 0 unspecified atom stereocenters. The highest BCUT2D eigenvalue weighted by Gasteiger charge is 2.17. The summed E-state index contributed by atoms with van der Waals surface area (Å²) in [5.41, 5.74) is 2.07. The lowest BCUT2D eigenvalue weighted by Crippen LogP contribution is -2.20. The zero-order chi connectivity index (χ0) is 16.9. The molecular formula is C19H17ClN2O2. The van der Waals surface area contributed by atoms with Crippen LogP contribution in [0.2, 0.25) is 5.02 Å². The summed E-state index contributed by atoms with van der Waals surface area (Å²) in [7, 11) is 0. The van der Waals surface area contributed by atoms with Gasteiger partial charge in [0.2, 0.25) is 0 Å². The highest BCUT2D eigenvalue weighted by atomic mass is 35.5. The number of aromatic hydroxyl groups is 2. The van der Waals surface area contributed by atoms with Crippen molar-refractivity contribution in [3.05, 3.63) is 77.6 Å². The number of phenols is 2. The van der Waals surface area contributed by atoms with E-state index in [0.29, 0.717) is 29.4 Å². The number of rotatable bonds is 5. The van der Waals surface area contributed by atoms with Gasteiger partial charge in [-0.3, -0.25) is 4.98 Å². The van der Waals surface area contributed by atoms with E-state index in [-0.39, 0.29) is 11.5 Å². The maximum atomic E-state index is 10.3. The molecule has 0 amide bonds. The van der Waals surface area contributed by atoms with E-state index in [1.807, 2.05) is 29.2 Å². The molecular weight excluding hydrogens is 324 g/mol. The van der Waals surface area contributed by atoms with Crippen LogP contribution in [0.15, 0.2) is 66.9 Å². The Hall–Kier alpha value is -2.72. The maximum absolute atomic E-state index is 10.3. The minimum atomic E-state index is 0.101. The lowest BCUT2D eigenvalue weighted by Gasteiger charge is -2.26. The van der Waals surface area contributed by atoms with E-state index in [1.54, 1.807) is 42.6 Å². The molecule has 2 N–H and O–H groups in total. The number of hydrogen-bond donors (Lipinski definition) is 2. The van der Waals surface area contributed by atoms with Crippen molar-refractivity contribution in [3.8, 4) is 11.5 Å². The predicted molar refractivity (Wildman–Crippen MR) is 96.2 cm³/mol. The molecule has 0 saturated heterocycles. The number of anilines is 2. The van der Waals surface area contributed by atoms with Gasteiger partial charge in [0.15, 0.2) is 0 Å². The number of para-hydroxylation sites is 2. The summed E-state index contributed by atoms with van der Waals surface area (Å²) in [5, 5.41) is 21.0. The zero-order valence-electron chi connectivity index (χ0n) is 12.9. The van der Waals surface area contributed by atoms with Crippen LogP contribution in [0.25, 0.3) is 0 Å². The largest absolute Gasteiger partial charge is 0.506 e. The Morgan fingerprint density at radius 1 is 0.875 bits per heavy atom. The summed E-state index contributed by atoms with van der Waals surface area (Å²) in [5.74, 6) is 0.238. The molecule has 24 heavy (non-hydrogen) atoms. The van der Waals surface area contributed by atoms with E-state index in [1.165, 1.54) is 0 Å². The Labute approximate surface area is 145 Å². The predicted octanol–water partition coefficient (Wildman–Crippen LogP) is 4.53. The molecule has 0 bridgehead atoms. The van der Waals surface area contributed by atoms with Gasteiger partial charge in [0.1, 0.15) is 11.5 Å². The molecule has 1 heterocycles. The highest BCUT2D eigenvalue weighted by Crippen LogP contribution is 2.38. The van der Waals surface area contributed by atoms with Crippen molar-refractivity contribution in [2.24, 2.45) is 0 Å². The lowest BCUT2D eigenvalue weighted by atomic mass is 10.1. The second-order valence-electron chi connectivity index (χ2n) is 5.34. The summed E-state index contributed by atoms with van der Waals surface area (Å²) < 4.78 is 0. The van der Waals surface area contributed by atoms with Crippen molar-refractivity contribution in [2.45, 2.75) is 6.42 Å². The van der Waals surface area contributed by atoms with Gasteiger partial charge in [0, 0.05) is 29.9 Å². The third-order valence-corrected chi connectivity index (χ3v) is 3.95. The number of hydrogen-bond acceptors (Lipinski definition) is 4. The Kier molecular flexibility index (Phi) is 4.87. The van der Waals surface area contributed by atoms with Crippen LogP contribution < -0.4 is 4.90 Å². The second kappa shape index (κ2) is 7.23. The normalized spacial score (nSPS) is 10.5. The molecule has 5 heteroatoms. The molecule has 0 saturated carbocycles. The van der Waals surface area contributed by atoms with Gasteiger partial charge in [-0.25, -0.2) is 0 Å². The van der Waals surface area contributed by atoms with Crippen molar-refractivity contribution in [3.63, 3.8) is 0 Å². The van der Waals surface area contributed by atoms with E-state index in [9.17, 15) is 10.2 Å². The molecule has 0 fully saturated rings. The van der Waals surface area contributed by atoms with Gasteiger partial charge < -0.3 is 15.1 Å². The summed E-state index contributed by atoms with van der Waals surface area (Å²) in [4.78, 5) is 6.16. The number of aromatic nitrogens is 1. The van der Waals surface area contributed by atoms with Crippen LogP contribution in [0.4, 0.5) is 11.4 Å². The summed E-state index contributed by atoms with van der Waals surface area (Å²) in [6, 6.07) is 17.6. The molecule has 3 rings (SSSR count). The van der Waals surface area contributed by atoms with E-state index in [2.05, 4.69) is 4.98 Å². The van der Waals surface area contributed by atoms with Gasteiger partial charge >= 0.3 is 0 Å².